The Kier molecular flexibility index (Phi) is 4.54. The number of fused-ring (bicyclic) bond motifs is 1. The van der Waals surface area contributed by atoms with E-state index in [1.165, 1.54) is 11.1 Å². The van der Waals surface area contributed by atoms with Crippen LogP contribution < -0.4 is 10.6 Å². The summed E-state index contributed by atoms with van der Waals surface area (Å²) in [5.41, 5.74) is 5.18. The molecular weight excluding hydrogens is 296 g/mol. The fourth-order valence-corrected chi connectivity index (χ4v) is 3.23. The molecule has 0 radical (unpaired) electrons. The number of carbonyl (C=O) groups excluding carboxylic acids is 1. The number of hydrogen-bond acceptors (Lipinski definition) is 3. The van der Waals surface area contributed by atoms with Gasteiger partial charge in [-0.25, -0.2) is 0 Å². The van der Waals surface area contributed by atoms with E-state index in [-0.39, 0.29) is 11.3 Å². The summed E-state index contributed by atoms with van der Waals surface area (Å²) >= 11 is 0. The maximum absolute atomic E-state index is 12.6. The van der Waals surface area contributed by atoms with Gasteiger partial charge in [0.05, 0.1) is 0 Å². The monoisotopic (exact) mass is 320 g/mol. The van der Waals surface area contributed by atoms with Gasteiger partial charge in [-0.2, -0.15) is 0 Å². The molecule has 0 unspecified atom stereocenters. The van der Waals surface area contributed by atoms with Crippen LogP contribution in [0.5, 0.6) is 0 Å². The maximum atomic E-state index is 12.6. The first-order valence-electron chi connectivity index (χ1n) is 8.34. The highest BCUT2D eigenvalue weighted by Crippen LogP contribution is 2.30. The molecule has 0 aliphatic carbocycles. The normalized spacial score (nSPS) is 17.2. The minimum Gasteiger partial charge on any atom is -0.379 e. The Hall–Kier alpha value is -2.39. The van der Waals surface area contributed by atoms with Gasteiger partial charge in [0.2, 0.25) is 0 Å². The first kappa shape index (κ1) is 16.5. The van der Waals surface area contributed by atoms with E-state index in [4.69, 9.17) is 0 Å². The SMILES string of the molecule is CNCc1ccc2c(c1)/C(=C/C(=O)c1ccccc1)NC(C)(C)C2. The largest absolute Gasteiger partial charge is 0.379 e. The molecule has 1 aliphatic rings. The average Bonchev–Trinajstić information content (AvgIpc) is 2.55. The fourth-order valence-electron chi connectivity index (χ4n) is 3.23. The lowest BCUT2D eigenvalue weighted by atomic mass is 9.84. The molecule has 3 nitrogen and oxygen atoms in total. The van der Waals surface area contributed by atoms with Gasteiger partial charge in [0.25, 0.3) is 0 Å². The highest BCUT2D eigenvalue weighted by molar-refractivity contribution is 6.08. The van der Waals surface area contributed by atoms with Crippen LogP contribution in [0.3, 0.4) is 0 Å². The van der Waals surface area contributed by atoms with Crippen LogP contribution in [0.4, 0.5) is 0 Å². The third kappa shape index (κ3) is 3.57. The second-order valence-corrected chi connectivity index (χ2v) is 7.00. The Morgan fingerprint density at radius 3 is 2.67 bits per heavy atom. The van der Waals surface area contributed by atoms with E-state index >= 15 is 0 Å². The third-order valence-electron chi connectivity index (χ3n) is 4.28. The zero-order valence-corrected chi connectivity index (χ0v) is 14.5. The summed E-state index contributed by atoms with van der Waals surface area (Å²) in [6.07, 6.45) is 2.68. The van der Waals surface area contributed by atoms with Crippen LogP contribution in [0.25, 0.3) is 5.70 Å². The van der Waals surface area contributed by atoms with Crippen molar-refractivity contribution in [2.24, 2.45) is 0 Å². The summed E-state index contributed by atoms with van der Waals surface area (Å²) in [4.78, 5) is 12.6. The van der Waals surface area contributed by atoms with Gasteiger partial charge >= 0.3 is 0 Å². The van der Waals surface area contributed by atoms with Gasteiger partial charge in [-0.05, 0) is 44.5 Å². The van der Waals surface area contributed by atoms with E-state index in [0.29, 0.717) is 5.56 Å². The Labute approximate surface area is 143 Å². The number of hydrogen-bond donors (Lipinski definition) is 2. The lowest BCUT2D eigenvalue weighted by Crippen LogP contribution is -2.44. The van der Waals surface area contributed by atoms with Crippen LogP contribution in [0.1, 0.15) is 40.9 Å². The van der Waals surface area contributed by atoms with Crippen molar-refractivity contribution in [1.29, 1.82) is 0 Å². The molecule has 1 aliphatic heterocycles. The summed E-state index contributed by atoms with van der Waals surface area (Å²) in [7, 11) is 1.94. The van der Waals surface area contributed by atoms with Gasteiger partial charge in [-0.1, -0.05) is 42.5 Å². The molecule has 24 heavy (non-hydrogen) atoms. The smallest absolute Gasteiger partial charge is 0.187 e. The lowest BCUT2D eigenvalue weighted by molar-refractivity contribution is 0.104. The van der Waals surface area contributed by atoms with Crippen molar-refractivity contribution in [2.45, 2.75) is 32.4 Å². The number of carbonyl (C=O) groups is 1. The van der Waals surface area contributed by atoms with Crippen molar-refractivity contribution in [2.75, 3.05) is 7.05 Å². The standard InChI is InChI=1S/C21H24N2O/c1-21(2)13-17-10-9-15(14-22-3)11-18(17)19(23-21)12-20(24)16-7-5-4-6-8-16/h4-12,22-23H,13-14H2,1-3H3/b19-12-. The predicted octanol–water partition coefficient (Wildman–Crippen LogP) is 3.55. The first-order valence-corrected chi connectivity index (χ1v) is 8.34. The number of allylic oxidation sites excluding steroid dienone is 1. The number of rotatable bonds is 4. The van der Waals surface area contributed by atoms with Gasteiger partial charge in [0, 0.05) is 35.0 Å². The highest BCUT2D eigenvalue weighted by atomic mass is 16.1. The number of nitrogens with one attached hydrogen (secondary N) is 2. The van der Waals surface area contributed by atoms with E-state index in [9.17, 15) is 4.79 Å². The molecule has 0 bridgehead atoms. The van der Waals surface area contributed by atoms with Crippen LogP contribution >= 0.6 is 0 Å². The minimum atomic E-state index is -0.0691. The molecule has 3 rings (SSSR count). The van der Waals surface area contributed by atoms with E-state index in [1.807, 2.05) is 37.4 Å². The quantitative estimate of drug-likeness (QED) is 0.668. The molecule has 124 valence electrons. The molecule has 0 spiro atoms. The topological polar surface area (TPSA) is 41.1 Å². The van der Waals surface area contributed by atoms with Crippen LogP contribution in [0, 0.1) is 0 Å². The van der Waals surface area contributed by atoms with Crippen molar-refractivity contribution in [3.8, 4) is 0 Å². The minimum absolute atomic E-state index is 0.0285. The number of benzene rings is 2. The molecule has 0 aromatic heterocycles. The van der Waals surface area contributed by atoms with Crippen molar-refractivity contribution >= 4 is 11.5 Å². The van der Waals surface area contributed by atoms with E-state index in [2.05, 4.69) is 42.7 Å². The van der Waals surface area contributed by atoms with Crippen LogP contribution in [-0.4, -0.2) is 18.4 Å². The van der Waals surface area contributed by atoms with Gasteiger partial charge < -0.3 is 10.6 Å². The molecule has 0 saturated heterocycles. The molecule has 1 heterocycles. The van der Waals surface area contributed by atoms with Gasteiger partial charge in [-0.15, -0.1) is 0 Å². The highest BCUT2D eigenvalue weighted by Gasteiger charge is 2.28. The van der Waals surface area contributed by atoms with Crippen molar-refractivity contribution in [3.05, 3.63) is 76.9 Å². The summed E-state index contributed by atoms with van der Waals surface area (Å²) in [5.74, 6) is 0.0285. The van der Waals surface area contributed by atoms with Crippen molar-refractivity contribution < 1.29 is 4.79 Å². The zero-order valence-electron chi connectivity index (χ0n) is 14.5. The molecular formula is C21H24N2O. The van der Waals surface area contributed by atoms with Crippen LogP contribution in [0.15, 0.2) is 54.6 Å². The van der Waals surface area contributed by atoms with Crippen LogP contribution in [0.2, 0.25) is 0 Å². The molecule has 0 amide bonds. The molecule has 2 N–H and O–H groups in total. The van der Waals surface area contributed by atoms with E-state index in [1.54, 1.807) is 6.08 Å². The molecule has 0 atom stereocenters. The molecule has 2 aromatic carbocycles. The van der Waals surface area contributed by atoms with Crippen molar-refractivity contribution in [3.63, 3.8) is 0 Å². The summed E-state index contributed by atoms with van der Waals surface area (Å²) in [5, 5.41) is 6.72. The Bertz CT molecular complexity index is 776. The predicted molar refractivity (Wildman–Crippen MR) is 98.9 cm³/mol. The van der Waals surface area contributed by atoms with Gasteiger partial charge in [0.15, 0.2) is 5.78 Å². The van der Waals surface area contributed by atoms with E-state index in [0.717, 1.165) is 24.2 Å². The second-order valence-electron chi connectivity index (χ2n) is 7.00. The third-order valence-corrected chi connectivity index (χ3v) is 4.28. The molecule has 0 saturated carbocycles. The average molecular weight is 320 g/mol. The van der Waals surface area contributed by atoms with Crippen molar-refractivity contribution in [1.82, 2.24) is 10.6 Å². The Balaban J connectivity index is 2.02. The fraction of sp³-hybridized carbons (Fsp3) is 0.286. The zero-order chi connectivity index (χ0) is 17.2. The summed E-state index contributed by atoms with van der Waals surface area (Å²) < 4.78 is 0. The molecule has 2 aromatic rings. The molecule has 0 fully saturated rings. The Morgan fingerprint density at radius 1 is 1.21 bits per heavy atom. The Morgan fingerprint density at radius 2 is 1.96 bits per heavy atom. The first-order chi connectivity index (χ1) is 11.5. The van der Waals surface area contributed by atoms with Gasteiger partial charge in [-0.3, -0.25) is 4.79 Å². The van der Waals surface area contributed by atoms with E-state index < -0.39 is 0 Å². The number of ketones is 1. The lowest BCUT2D eigenvalue weighted by Gasteiger charge is -2.36. The molecule has 3 heteroatoms. The maximum Gasteiger partial charge on any atom is 0.187 e. The summed E-state index contributed by atoms with van der Waals surface area (Å²) in [6.45, 7) is 5.15. The second kappa shape index (κ2) is 6.62. The van der Waals surface area contributed by atoms with Crippen LogP contribution in [-0.2, 0) is 13.0 Å². The summed E-state index contributed by atoms with van der Waals surface area (Å²) in [6, 6.07) is 15.9. The van der Waals surface area contributed by atoms with Gasteiger partial charge in [0.1, 0.15) is 0 Å².